The Kier molecular flexibility index (Phi) is 4.10. The van der Waals surface area contributed by atoms with Crippen LogP contribution in [0.2, 0.25) is 0 Å². The summed E-state index contributed by atoms with van der Waals surface area (Å²) >= 11 is 9.56. The molecule has 0 radical (unpaired) electrons. The number of benzene rings is 1. The number of hydrogen-bond acceptors (Lipinski definition) is 2. The van der Waals surface area contributed by atoms with Gasteiger partial charge in [0.15, 0.2) is 0 Å². The molecule has 0 amide bonds. The van der Waals surface area contributed by atoms with Crippen molar-refractivity contribution in [2.75, 3.05) is 13.2 Å². The molecule has 1 fully saturated rings. The van der Waals surface area contributed by atoms with Gasteiger partial charge in [-0.05, 0) is 31.0 Å². The van der Waals surface area contributed by atoms with Crippen LogP contribution in [-0.4, -0.2) is 22.8 Å². The van der Waals surface area contributed by atoms with E-state index in [4.69, 9.17) is 16.3 Å². The Bertz CT molecular complexity index is 578. The van der Waals surface area contributed by atoms with Gasteiger partial charge >= 0.3 is 0 Å². The molecule has 0 saturated carbocycles. The first kappa shape index (κ1) is 13.4. The summed E-state index contributed by atoms with van der Waals surface area (Å²) in [6.45, 7) is 2.68. The zero-order valence-electron chi connectivity index (χ0n) is 10.6. The lowest BCUT2D eigenvalue weighted by Gasteiger charge is -2.23. The summed E-state index contributed by atoms with van der Waals surface area (Å²) in [4.78, 5) is 4.61. The molecule has 2 aromatic rings. The largest absolute Gasteiger partial charge is 0.381 e. The fourth-order valence-corrected chi connectivity index (χ4v) is 3.21. The molecule has 19 heavy (non-hydrogen) atoms. The lowest BCUT2D eigenvalue weighted by Crippen LogP contribution is -2.22. The monoisotopic (exact) mass is 342 g/mol. The minimum absolute atomic E-state index is 0.444. The number of alkyl halides is 1. The maximum Gasteiger partial charge on any atom is 0.124 e. The zero-order chi connectivity index (χ0) is 13.2. The van der Waals surface area contributed by atoms with Crippen LogP contribution in [0.5, 0.6) is 0 Å². The van der Waals surface area contributed by atoms with Gasteiger partial charge in [-0.2, -0.15) is 0 Å². The average molecular weight is 344 g/mol. The number of rotatable bonds is 3. The molecular formula is C14H16BrClN2O. The molecule has 0 N–H and O–H groups in total. The van der Waals surface area contributed by atoms with Crippen molar-refractivity contribution in [2.45, 2.75) is 25.3 Å². The van der Waals surface area contributed by atoms with Crippen LogP contribution in [0, 0.1) is 5.92 Å². The molecule has 1 unspecified atom stereocenters. The van der Waals surface area contributed by atoms with E-state index < -0.39 is 0 Å². The van der Waals surface area contributed by atoms with E-state index in [1.54, 1.807) is 0 Å². The van der Waals surface area contributed by atoms with Gasteiger partial charge in [0.1, 0.15) is 5.82 Å². The van der Waals surface area contributed by atoms with Crippen LogP contribution in [0.4, 0.5) is 0 Å². The topological polar surface area (TPSA) is 27.1 Å². The van der Waals surface area contributed by atoms with Crippen LogP contribution in [0.25, 0.3) is 11.0 Å². The van der Waals surface area contributed by atoms with Gasteiger partial charge in [-0.25, -0.2) is 4.98 Å². The van der Waals surface area contributed by atoms with E-state index in [1.165, 1.54) is 6.42 Å². The molecule has 1 aromatic carbocycles. The summed E-state index contributed by atoms with van der Waals surface area (Å²) in [5, 5.41) is 0. The minimum Gasteiger partial charge on any atom is -0.381 e. The number of ether oxygens (including phenoxy) is 1. The second-order valence-electron chi connectivity index (χ2n) is 4.99. The third-order valence-electron chi connectivity index (χ3n) is 3.60. The first-order valence-electron chi connectivity index (χ1n) is 6.56. The quantitative estimate of drug-likeness (QED) is 0.789. The Labute approximate surface area is 126 Å². The Hall–Kier alpha value is -0.580. The summed E-state index contributed by atoms with van der Waals surface area (Å²) in [6, 6.07) is 6.16. The highest BCUT2D eigenvalue weighted by molar-refractivity contribution is 9.10. The molecule has 1 aromatic heterocycles. The van der Waals surface area contributed by atoms with E-state index in [-0.39, 0.29) is 0 Å². The zero-order valence-corrected chi connectivity index (χ0v) is 13.0. The van der Waals surface area contributed by atoms with Gasteiger partial charge in [-0.3, -0.25) is 0 Å². The molecule has 102 valence electrons. The molecule has 0 spiro atoms. The van der Waals surface area contributed by atoms with Gasteiger partial charge in [0.25, 0.3) is 0 Å². The summed E-state index contributed by atoms with van der Waals surface area (Å²) in [6.07, 6.45) is 2.37. The maximum atomic E-state index is 6.03. The highest BCUT2D eigenvalue weighted by Crippen LogP contribution is 2.25. The Morgan fingerprint density at radius 1 is 1.47 bits per heavy atom. The van der Waals surface area contributed by atoms with Crippen LogP contribution in [0.1, 0.15) is 18.7 Å². The third kappa shape index (κ3) is 2.81. The van der Waals surface area contributed by atoms with Gasteiger partial charge in [0, 0.05) is 23.5 Å². The summed E-state index contributed by atoms with van der Waals surface area (Å²) in [5.74, 6) is 1.95. The molecule has 1 atom stereocenters. The standard InChI is InChI=1S/C14H16BrClN2O/c15-11-3-4-12-13(6-11)18(14(7-16)17-12)8-10-2-1-5-19-9-10/h3-4,6,10H,1-2,5,7-9H2. The molecule has 1 aliphatic heterocycles. The lowest BCUT2D eigenvalue weighted by molar-refractivity contribution is 0.0485. The van der Waals surface area contributed by atoms with E-state index in [1.807, 2.05) is 12.1 Å². The molecular weight excluding hydrogens is 328 g/mol. The predicted molar refractivity (Wildman–Crippen MR) is 80.5 cm³/mol. The van der Waals surface area contributed by atoms with Gasteiger partial charge in [0.05, 0.1) is 23.5 Å². The van der Waals surface area contributed by atoms with Gasteiger partial charge in [-0.15, -0.1) is 11.6 Å². The van der Waals surface area contributed by atoms with Crippen molar-refractivity contribution >= 4 is 38.6 Å². The van der Waals surface area contributed by atoms with Crippen molar-refractivity contribution in [3.8, 4) is 0 Å². The van der Waals surface area contributed by atoms with Crippen molar-refractivity contribution in [1.82, 2.24) is 9.55 Å². The highest BCUT2D eigenvalue weighted by Gasteiger charge is 2.18. The molecule has 0 aliphatic carbocycles. The molecule has 0 bridgehead atoms. The van der Waals surface area contributed by atoms with E-state index >= 15 is 0 Å². The lowest BCUT2D eigenvalue weighted by atomic mass is 10.0. The van der Waals surface area contributed by atoms with E-state index in [0.29, 0.717) is 11.8 Å². The van der Waals surface area contributed by atoms with Crippen LogP contribution >= 0.6 is 27.5 Å². The van der Waals surface area contributed by atoms with Gasteiger partial charge in [0.2, 0.25) is 0 Å². The van der Waals surface area contributed by atoms with Crippen molar-refractivity contribution in [2.24, 2.45) is 5.92 Å². The first-order valence-corrected chi connectivity index (χ1v) is 7.89. The number of nitrogens with zero attached hydrogens (tertiary/aromatic N) is 2. The first-order chi connectivity index (χ1) is 9.28. The second-order valence-corrected chi connectivity index (χ2v) is 6.17. The Morgan fingerprint density at radius 2 is 2.37 bits per heavy atom. The van der Waals surface area contributed by atoms with Crippen LogP contribution in [-0.2, 0) is 17.2 Å². The van der Waals surface area contributed by atoms with Crippen LogP contribution in [0.3, 0.4) is 0 Å². The predicted octanol–water partition coefficient (Wildman–Crippen LogP) is 3.96. The Balaban J connectivity index is 1.97. The van der Waals surface area contributed by atoms with Crippen molar-refractivity contribution in [3.05, 3.63) is 28.5 Å². The third-order valence-corrected chi connectivity index (χ3v) is 4.34. The number of fused-ring (bicyclic) bond motifs is 1. The van der Waals surface area contributed by atoms with E-state index in [0.717, 1.165) is 47.5 Å². The highest BCUT2D eigenvalue weighted by atomic mass is 79.9. The van der Waals surface area contributed by atoms with Crippen LogP contribution in [0.15, 0.2) is 22.7 Å². The van der Waals surface area contributed by atoms with E-state index in [2.05, 4.69) is 31.5 Å². The molecule has 1 saturated heterocycles. The molecule has 3 nitrogen and oxygen atoms in total. The Morgan fingerprint density at radius 3 is 3.11 bits per heavy atom. The van der Waals surface area contributed by atoms with Crippen molar-refractivity contribution < 1.29 is 4.74 Å². The normalized spacial score (nSPS) is 20.0. The minimum atomic E-state index is 0.444. The maximum absolute atomic E-state index is 6.03. The number of hydrogen-bond donors (Lipinski definition) is 0. The molecule has 1 aliphatic rings. The average Bonchev–Trinajstić information content (AvgIpc) is 2.78. The smallest absolute Gasteiger partial charge is 0.124 e. The molecule has 2 heterocycles. The summed E-state index contributed by atoms with van der Waals surface area (Å²) < 4.78 is 8.88. The van der Waals surface area contributed by atoms with E-state index in [9.17, 15) is 0 Å². The fourth-order valence-electron chi connectivity index (χ4n) is 2.66. The van der Waals surface area contributed by atoms with Gasteiger partial charge < -0.3 is 9.30 Å². The van der Waals surface area contributed by atoms with Crippen molar-refractivity contribution in [1.29, 1.82) is 0 Å². The fraction of sp³-hybridized carbons (Fsp3) is 0.500. The number of halogens is 2. The second kappa shape index (κ2) is 5.81. The summed E-state index contributed by atoms with van der Waals surface area (Å²) in [7, 11) is 0. The summed E-state index contributed by atoms with van der Waals surface area (Å²) in [5.41, 5.74) is 2.16. The van der Waals surface area contributed by atoms with Crippen molar-refractivity contribution in [3.63, 3.8) is 0 Å². The van der Waals surface area contributed by atoms with Crippen LogP contribution < -0.4 is 0 Å². The van der Waals surface area contributed by atoms with Gasteiger partial charge in [-0.1, -0.05) is 15.9 Å². The number of aromatic nitrogens is 2. The molecule has 5 heteroatoms. The SMILES string of the molecule is ClCc1nc2ccc(Br)cc2n1CC1CCCOC1. The molecule has 3 rings (SSSR count). The number of imidazole rings is 1.